The summed E-state index contributed by atoms with van der Waals surface area (Å²) in [6.45, 7) is 10.3. The van der Waals surface area contributed by atoms with Crippen molar-refractivity contribution in [1.82, 2.24) is 9.80 Å². The van der Waals surface area contributed by atoms with Crippen LogP contribution in [0.5, 0.6) is 0 Å². The average Bonchev–Trinajstić information content (AvgIpc) is 2.46. The number of benzene rings is 1. The summed E-state index contributed by atoms with van der Waals surface area (Å²) >= 11 is 3.31. The van der Waals surface area contributed by atoms with E-state index in [1.807, 2.05) is 6.07 Å². The van der Waals surface area contributed by atoms with Crippen molar-refractivity contribution < 1.29 is 4.79 Å². The molecule has 3 nitrogen and oxygen atoms in total. The van der Waals surface area contributed by atoms with Crippen LogP contribution in [0, 0.1) is 5.41 Å². The van der Waals surface area contributed by atoms with E-state index in [4.69, 9.17) is 0 Å². The van der Waals surface area contributed by atoms with Gasteiger partial charge in [0.05, 0.1) is 5.33 Å². The standard InChI is InChI=1S/C17H25BrN2O/c1-17(2,3)15-13-19(9-10-20(15)16(21)11-18)12-14-7-5-4-6-8-14/h4-8,15H,9-13H2,1-3H3/t15-/m1/s1. The molecule has 1 amide bonds. The molecule has 0 aromatic heterocycles. The summed E-state index contributed by atoms with van der Waals surface area (Å²) in [6, 6.07) is 10.8. The Balaban J connectivity index is 2.08. The van der Waals surface area contributed by atoms with Gasteiger partial charge in [0.1, 0.15) is 0 Å². The Bertz CT molecular complexity index is 469. The first-order valence-electron chi connectivity index (χ1n) is 7.53. The minimum Gasteiger partial charge on any atom is -0.336 e. The van der Waals surface area contributed by atoms with E-state index in [0.29, 0.717) is 5.33 Å². The van der Waals surface area contributed by atoms with Gasteiger partial charge in [0.2, 0.25) is 5.91 Å². The average molecular weight is 353 g/mol. The predicted molar refractivity (Wildman–Crippen MR) is 90.5 cm³/mol. The highest BCUT2D eigenvalue weighted by atomic mass is 79.9. The van der Waals surface area contributed by atoms with E-state index in [-0.39, 0.29) is 17.4 Å². The molecule has 1 heterocycles. The molecule has 0 bridgehead atoms. The Hall–Kier alpha value is -0.870. The third-order valence-electron chi connectivity index (χ3n) is 4.15. The van der Waals surface area contributed by atoms with E-state index >= 15 is 0 Å². The zero-order valence-electron chi connectivity index (χ0n) is 13.2. The highest BCUT2D eigenvalue weighted by Gasteiger charge is 2.37. The van der Waals surface area contributed by atoms with Crippen LogP contribution >= 0.6 is 15.9 Å². The lowest BCUT2D eigenvalue weighted by molar-refractivity contribution is -0.136. The fraction of sp³-hybridized carbons (Fsp3) is 0.588. The fourth-order valence-corrected chi connectivity index (χ4v) is 3.26. The minimum atomic E-state index is 0.0905. The summed E-state index contributed by atoms with van der Waals surface area (Å²) in [7, 11) is 0. The summed E-state index contributed by atoms with van der Waals surface area (Å²) in [5.74, 6) is 0.203. The molecular formula is C17H25BrN2O. The van der Waals surface area contributed by atoms with Gasteiger partial charge < -0.3 is 4.90 Å². The number of rotatable bonds is 3. The molecule has 116 valence electrons. The molecule has 1 aromatic carbocycles. The number of carbonyl (C=O) groups is 1. The second-order valence-electron chi connectivity index (χ2n) is 6.82. The van der Waals surface area contributed by atoms with Gasteiger partial charge in [-0.25, -0.2) is 0 Å². The van der Waals surface area contributed by atoms with E-state index < -0.39 is 0 Å². The summed E-state index contributed by atoms with van der Waals surface area (Å²) < 4.78 is 0. The lowest BCUT2D eigenvalue weighted by atomic mass is 9.84. The number of amides is 1. The van der Waals surface area contributed by atoms with Crippen LogP contribution in [-0.4, -0.2) is 46.7 Å². The molecule has 0 radical (unpaired) electrons. The monoisotopic (exact) mass is 352 g/mol. The minimum absolute atomic E-state index is 0.0905. The van der Waals surface area contributed by atoms with Crippen molar-refractivity contribution in [3.63, 3.8) is 0 Å². The fourth-order valence-electron chi connectivity index (χ4n) is 2.94. The van der Waals surface area contributed by atoms with Crippen LogP contribution in [0.3, 0.4) is 0 Å². The molecule has 0 aliphatic carbocycles. The molecule has 0 spiro atoms. The lowest BCUT2D eigenvalue weighted by Crippen LogP contribution is -2.59. The van der Waals surface area contributed by atoms with Crippen LogP contribution in [0.25, 0.3) is 0 Å². The highest BCUT2D eigenvalue weighted by Crippen LogP contribution is 2.28. The number of halogens is 1. The van der Waals surface area contributed by atoms with Crippen LogP contribution < -0.4 is 0 Å². The van der Waals surface area contributed by atoms with Gasteiger partial charge in [0, 0.05) is 32.2 Å². The van der Waals surface area contributed by atoms with Crippen molar-refractivity contribution in [3.8, 4) is 0 Å². The van der Waals surface area contributed by atoms with Gasteiger partial charge in [-0.05, 0) is 11.0 Å². The van der Waals surface area contributed by atoms with Crippen molar-refractivity contribution in [3.05, 3.63) is 35.9 Å². The molecular weight excluding hydrogens is 328 g/mol. The maximum Gasteiger partial charge on any atom is 0.233 e. The predicted octanol–water partition coefficient (Wildman–Crippen LogP) is 3.14. The second kappa shape index (κ2) is 6.93. The van der Waals surface area contributed by atoms with E-state index in [1.54, 1.807) is 0 Å². The van der Waals surface area contributed by atoms with Crippen LogP contribution in [-0.2, 0) is 11.3 Å². The molecule has 0 N–H and O–H groups in total. The summed E-state index contributed by atoms with van der Waals surface area (Å²) in [4.78, 5) is 16.7. The number of alkyl halides is 1. The normalized spacial score (nSPS) is 20.6. The first-order chi connectivity index (χ1) is 9.91. The van der Waals surface area contributed by atoms with Crippen molar-refractivity contribution in [2.24, 2.45) is 5.41 Å². The van der Waals surface area contributed by atoms with Crippen LogP contribution in [0.4, 0.5) is 0 Å². The first-order valence-corrected chi connectivity index (χ1v) is 8.65. The molecule has 1 aromatic rings. The molecule has 1 saturated heterocycles. The summed E-state index contributed by atoms with van der Waals surface area (Å²) in [6.07, 6.45) is 0. The lowest BCUT2D eigenvalue weighted by Gasteiger charge is -2.47. The van der Waals surface area contributed by atoms with Crippen molar-refractivity contribution >= 4 is 21.8 Å². The van der Waals surface area contributed by atoms with E-state index in [0.717, 1.165) is 26.2 Å². The van der Waals surface area contributed by atoms with Crippen molar-refractivity contribution in [2.45, 2.75) is 33.4 Å². The largest absolute Gasteiger partial charge is 0.336 e. The smallest absolute Gasteiger partial charge is 0.233 e. The van der Waals surface area contributed by atoms with Gasteiger partial charge in [-0.2, -0.15) is 0 Å². The number of nitrogens with zero attached hydrogens (tertiary/aromatic N) is 2. The Morgan fingerprint density at radius 2 is 1.90 bits per heavy atom. The van der Waals surface area contributed by atoms with Gasteiger partial charge in [-0.3, -0.25) is 9.69 Å². The van der Waals surface area contributed by atoms with Crippen molar-refractivity contribution in [2.75, 3.05) is 25.0 Å². The van der Waals surface area contributed by atoms with E-state index in [1.165, 1.54) is 5.56 Å². The molecule has 4 heteroatoms. The zero-order valence-corrected chi connectivity index (χ0v) is 14.8. The van der Waals surface area contributed by atoms with Gasteiger partial charge in [0.15, 0.2) is 0 Å². The molecule has 2 rings (SSSR count). The van der Waals surface area contributed by atoms with Gasteiger partial charge in [-0.1, -0.05) is 67.0 Å². The first kappa shape index (κ1) is 16.5. The topological polar surface area (TPSA) is 23.6 Å². The molecule has 1 fully saturated rings. The van der Waals surface area contributed by atoms with Gasteiger partial charge in [0.25, 0.3) is 0 Å². The quantitative estimate of drug-likeness (QED) is 0.780. The Kier molecular flexibility index (Phi) is 5.44. The summed E-state index contributed by atoms with van der Waals surface area (Å²) in [5, 5.41) is 0.415. The third kappa shape index (κ3) is 4.30. The number of hydrogen-bond donors (Lipinski definition) is 0. The number of hydrogen-bond acceptors (Lipinski definition) is 2. The third-order valence-corrected chi connectivity index (χ3v) is 4.63. The number of carbonyl (C=O) groups excluding carboxylic acids is 1. The van der Waals surface area contributed by atoms with Crippen molar-refractivity contribution in [1.29, 1.82) is 0 Å². The molecule has 1 aliphatic rings. The van der Waals surface area contributed by atoms with Crippen LogP contribution in [0.15, 0.2) is 30.3 Å². The molecule has 21 heavy (non-hydrogen) atoms. The number of piperazine rings is 1. The second-order valence-corrected chi connectivity index (χ2v) is 7.38. The Morgan fingerprint density at radius 3 is 2.48 bits per heavy atom. The molecule has 0 unspecified atom stereocenters. The molecule has 0 saturated carbocycles. The van der Waals surface area contributed by atoms with E-state index in [9.17, 15) is 4.79 Å². The maximum atomic E-state index is 12.1. The Morgan fingerprint density at radius 1 is 1.24 bits per heavy atom. The molecule has 1 atom stereocenters. The molecule has 1 aliphatic heterocycles. The SMILES string of the molecule is CC(C)(C)[C@H]1CN(Cc2ccccc2)CCN1C(=O)CBr. The Labute approximate surface area is 136 Å². The van der Waals surface area contributed by atoms with Gasteiger partial charge >= 0.3 is 0 Å². The van der Waals surface area contributed by atoms with E-state index in [2.05, 4.69) is 70.8 Å². The maximum absolute atomic E-state index is 12.1. The highest BCUT2D eigenvalue weighted by molar-refractivity contribution is 9.09. The van der Waals surface area contributed by atoms with Crippen LogP contribution in [0.2, 0.25) is 0 Å². The zero-order chi connectivity index (χ0) is 15.5. The van der Waals surface area contributed by atoms with Gasteiger partial charge in [-0.15, -0.1) is 0 Å². The summed E-state index contributed by atoms with van der Waals surface area (Å²) in [5.41, 5.74) is 1.43. The van der Waals surface area contributed by atoms with Crippen LogP contribution in [0.1, 0.15) is 26.3 Å².